The molecule has 27 heavy (non-hydrogen) atoms. The van der Waals surface area contributed by atoms with Crippen LogP contribution in [-0.4, -0.2) is 31.5 Å². The molecule has 0 spiro atoms. The van der Waals surface area contributed by atoms with Gasteiger partial charge in [-0.05, 0) is 24.1 Å². The summed E-state index contributed by atoms with van der Waals surface area (Å²) in [6, 6.07) is 5.71. The molecule has 0 atom stereocenters. The third-order valence-electron chi connectivity index (χ3n) is 3.86. The molecule has 0 aliphatic heterocycles. The Kier molecular flexibility index (Phi) is 5.05. The first-order valence-electron chi connectivity index (χ1n) is 8.61. The summed E-state index contributed by atoms with van der Waals surface area (Å²) in [7, 11) is 0. The molecule has 4 rings (SSSR count). The number of nitrogens with one attached hydrogen (secondary N) is 1. The van der Waals surface area contributed by atoms with E-state index in [0.717, 1.165) is 22.0 Å². The van der Waals surface area contributed by atoms with Crippen LogP contribution in [0.25, 0.3) is 22.8 Å². The molecule has 3 heterocycles. The number of hydrogen-bond donors (Lipinski definition) is 1. The number of nitrogens with zero attached hydrogens (tertiary/aromatic N) is 4. The van der Waals surface area contributed by atoms with Crippen molar-refractivity contribution in [2.75, 3.05) is 6.61 Å². The minimum Gasteiger partial charge on any atom is -0.493 e. The van der Waals surface area contributed by atoms with Gasteiger partial charge in [0.05, 0.1) is 11.6 Å². The minimum absolute atomic E-state index is 0.454. The van der Waals surface area contributed by atoms with Crippen molar-refractivity contribution in [1.29, 1.82) is 0 Å². The number of fused-ring (bicyclic) bond motifs is 1. The average Bonchev–Trinajstić information content (AvgIpc) is 3.27. The second kappa shape index (κ2) is 7.62. The molecule has 0 aliphatic carbocycles. The quantitative estimate of drug-likeness (QED) is 0.506. The van der Waals surface area contributed by atoms with Gasteiger partial charge in [0.2, 0.25) is 0 Å². The Morgan fingerprint density at radius 3 is 2.85 bits per heavy atom. The molecule has 0 aliphatic rings. The molecule has 3 aromatic heterocycles. The number of aromatic amines is 1. The summed E-state index contributed by atoms with van der Waals surface area (Å²) in [6.45, 7) is 4.91. The molecule has 0 amide bonds. The van der Waals surface area contributed by atoms with Gasteiger partial charge in [-0.1, -0.05) is 25.4 Å². The monoisotopic (exact) mass is 399 g/mol. The molecule has 1 aromatic carbocycles. The van der Waals surface area contributed by atoms with Crippen LogP contribution in [0.5, 0.6) is 5.75 Å². The van der Waals surface area contributed by atoms with E-state index in [0.29, 0.717) is 41.1 Å². The fourth-order valence-electron chi connectivity index (χ4n) is 2.62. The number of imidazole rings is 1. The summed E-state index contributed by atoms with van der Waals surface area (Å²) in [6.07, 6.45) is 3.90. The van der Waals surface area contributed by atoms with Crippen LogP contribution in [0.2, 0.25) is 5.02 Å². The van der Waals surface area contributed by atoms with E-state index in [9.17, 15) is 0 Å². The van der Waals surface area contributed by atoms with Gasteiger partial charge in [-0.15, -0.1) is 11.3 Å². The highest BCUT2D eigenvalue weighted by Gasteiger charge is 2.13. The summed E-state index contributed by atoms with van der Waals surface area (Å²) < 4.78 is 5.94. The first-order valence-corrected chi connectivity index (χ1v) is 9.87. The van der Waals surface area contributed by atoms with Gasteiger partial charge in [-0.25, -0.2) is 19.9 Å². The maximum atomic E-state index is 6.19. The molecule has 8 heteroatoms. The van der Waals surface area contributed by atoms with Crippen molar-refractivity contribution < 1.29 is 4.74 Å². The number of halogens is 1. The summed E-state index contributed by atoms with van der Waals surface area (Å²) >= 11 is 7.77. The lowest BCUT2D eigenvalue weighted by Gasteiger charge is -2.13. The van der Waals surface area contributed by atoms with Crippen LogP contribution in [-0.2, 0) is 6.42 Å². The molecule has 6 nitrogen and oxygen atoms in total. The van der Waals surface area contributed by atoms with Crippen LogP contribution in [0.1, 0.15) is 24.4 Å². The van der Waals surface area contributed by atoms with Crippen molar-refractivity contribution in [3.05, 3.63) is 51.6 Å². The molecule has 0 saturated carbocycles. The van der Waals surface area contributed by atoms with E-state index in [-0.39, 0.29) is 0 Å². The standard InChI is InChI=1S/C19H18ClN5OS/c1-11(2)9-26-15-4-3-13(20)7-12(15)8-16-23-14(10-27-16)17-24-18-19(25-17)22-6-5-21-18/h3-7,10-11H,8-9H2,1-2H3,(H,21,22,24,25). The third kappa shape index (κ3) is 4.09. The van der Waals surface area contributed by atoms with Crippen LogP contribution in [0.4, 0.5) is 0 Å². The summed E-state index contributed by atoms with van der Waals surface area (Å²) in [5.74, 6) is 1.97. The predicted molar refractivity (Wildman–Crippen MR) is 107 cm³/mol. The Morgan fingerprint density at radius 1 is 1.19 bits per heavy atom. The van der Waals surface area contributed by atoms with Crippen LogP contribution in [0.15, 0.2) is 36.0 Å². The van der Waals surface area contributed by atoms with Crippen molar-refractivity contribution in [1.82, 2.24) is 24.9 Å². The Morgan fingerprint density at radius 2 is 2.04 bits per heavy atom. The molecule has 1 N–H and O–H groups in total. The van der Waals surface area contributed by atoms with E-state index in [1.807, 2.05) is 23.6 Å². The van der Waals surface area contributed by atoms with E-state index >= 15 is 0 Å². The van der Waals surface area contributed by atoms with E-state index < -0.39 is 0 Å². The third-order valence-corrected chi connectivity index (χ3v) is 4.95. The van der Waals surface area contributed by atoms with Gasteiger partial charge in [0, 0.05) is 34.8 Å². The first kappa shape index (κ1) is 17.9. The molecule has 138 valence electrons. The van der Waals surface area contributed by atoms with Gasteiger partial charge in [-0.3, -0.25) is 0 Å². The van der Waals surface area contributed by atoms with Crippen LogP contribution in [0, 0.1) is 5.92 Å². The lowest BCUT2D eigenvalue weighted by Crippen LogP contribution is -2.06. The molecular weight excluding hydrogens is 382 g/mol. The Hall–Kier alpha value is -2.51. The normalized spacial score (nSPS) is 11.4. The van der Waals surface area contributed by atoms with Crippen molar-refractivity contribution in [2.24, 2.45) is 5.92 Å². The van der Waals surface area contributed by atoms with Gasteiger partial charge in [0.1, 0.15) is 11.4 Å². The van der Waals surface area contributed by atoms with E-state index in [1.165, 1.54) is 0 Å². The SMILES string of the molecule is CC(C)COc1ccc(Cl)cc1Cc1nc(-c2nc3nccnc3[nH]2)cs1. The number of benzene rings is 1. The number of H-pyrrole nitrogens is 1. The summed E-state index contributed by atoms with van der Waals surface area (Å²) in [4.78, 5) is 20.7. The largest absolute Gasteiger partial charge is 0.493 e. The molecule has 0 fully saturated rings. The van der Waals surface area contributed by atoms with Crippen LogP contribution in [0.3, 0.4) is 0 Å². The van der Waals surface area contributed by atoms with Gasteiger partial charge < -0.3 is 9.72 Å². The summed E-state index contributed by atoms with van der Waals surface area (Å²) in [5, 5.41) is 3.63. The molecule has 4 aromatic rings. The Balaban J connectivity index is 1.58. The number of ether oxygens (including phenoxy) is 1. The highest BCUT2D eigenvalue weighted by molar-refractivity contribution is 7.10. The average molecular weight is 400 g/mol. The fraction of sp³-hybridized carbons (Fsp3) is 0.263. The minimum atomic E-state index is 0.454. The second-order valence-electron chi connectivity index (χ2n) is 6.57. The smallest absolute Gasteiger partial charge is 0.197 e. The zero-order valence-electron chi connectivity index (χ0n) is 14.9. The lowest BCUT2D eigenvalue weighted by molar-refractivity contribution is 0.269. The van der Waals surface area contributed by atoms with Crippen molar-refractivity contribution in [3.8, 4) is 17.3 Å². The van der Waals surface area contributed by atoms with Gasteiger partial charge in [0.25, 0.3) is 0 Å². The molecule has 0 bridgehead atoms. The van der Waals surface area contributed by atoms with Crippen molar-refractivity contribution in [2.45, 2.75) is 20.3 Å². The Labute approximate surface area is 165 Å². The maximum Gasteiger partial charge on any atom is 0.197 e. The molecule has 0 saturated heterocycles. The highest BCUT2D eigenvalue weighted by atomic mass is 35.5. The topological polar surface area (TPSA) is 76.6 Å². The fourth-order valence-corrected chi connectivity index (χ4v) is 3.61. The van der Waals surface area contributed by atoms with Gasteiger partial charge >= 0.3 is 0 Å². The Bertz CT molecular complexity index is 1040. The highest BCUT2D eigenvalue weighted by Crippen LogP contribution is 2.28. The van der Waals surface area contributed by atoms with E-state index in [4.69, 9.17) is 21.3 Å². The van der Waals surface area contributed by atoms with Crippen LogP contribution >= 0.6 is 22.9 Å². The van der Waals surface area contributed by atoms with Gasteiger partial charge in [0.15, 0.2) is 17.1 Å². The number of hydrogen-bond acceptors (Lipinski definition) is 6. The zero-order chi connectivity index (χ0) is 18.8. The van der Waals surface area contributed by atoms with Crippen LogP contribution < -0.4 is 4.74 Å². The first-order chi connectivity index (χ1) is 13.1. The summed E-state index contributed by atoms with van der Waals surface area (Å²) in [5.41, 5.74) is 3.04. The molecule has 0 unspecified atom stereocenters. The van der Waals surface area contributed by atoms with E-state index in [1.54, 1.807) is 23.7 Å². The number of rotatable bonds is 6. The molecule has 0 radical (unpaired) electrons. The number of thiazole rings is 1. The molecular formula is C19H18ClN5OS. The second-order valence-corrected chi connectivity index (χ2v) is 7.95. The zero-order valence-corrected chi connectivity index (χ0v) is 16.5. The van der Waals surface area contributed by atoms with E-state index in [2.05, 4.69) is 33.8 Å². The van der Waals surface area contributed by atoms with Gasteiger partial charge in [-0.2, -0.15) is 0 Å². The lowest BCUT2D eigenvalue weighted by atomic mass is 10.1. The maximum absolute atomic E-state index is 6.19. The predicted octanol–water partition coefficient (Wildman–Crippen LogP) is 4.76. The van der Waals surface area contributed by atoms with Crippen molar-refractivity contribution >= 4 is 34.2 Å². The number of aromatic nitrogens is 5. The van der Waals surface area contributed by atoms with Crippen molar-refractivity contribution in [3.63, 3.8) is 0 Å².